The number of hydrogen-bond acceptors (Lipinski definition) is 3. The molecule has 72 valence electrons. The van der Waals surface area contributed by atoms with E-state index in [2.05, 4.69) is 17.2 Å². The number of methoxy groups -OCH3 is 1. The Bertz CT molecular complexity index is 278. The molecule has 0 radical (unpaired) electrons. The molecule has 0 aromatic carbocycles. The van der Waals surface area contributed by atoms with E-state index in [1.807, 2.05) is 6.07 Å². The van der Waals surface area contributed by atoms with Gasteiger partial charge in [-0.2, -0.15) is 0 Å². The Balaban J connectivity index is 2.71. The van der Waals surface area contributed by atoms with E-state index in [-0.39, 0.29) is 0 Å². The van der Waals surface area contributed by atoms with Gasteiger partial charge in [-0.25, -0.2) is 4.98 Å². The Kier molecular flexibility index (Phi) is 3.99. The maximum atomic E-state index is 5.89. The number of aromatic nitrogens is 1. The predicted molar refractivity (Wildman–Crippen MR) is 53.2 cm³/mol. The van der Waals surface area contributed by atoms with Crippen LogP contribution in [-0.4, -0.2) is 18.6 Å². The van der Waals surface area contributed by atoms with Gasteiger partial charge in [0.1, 0.15) is 5.02 Å². The van der Waals surface area contributed by atoms with E-state index in [9.17, 15) is 0 Å². The lowest BCUT2D eigenvalue weighted by molar-refractivity contribution is 0.397. The number of rotatable bonds is 4. The van der Waals surface area contributed by atoms with Gasteiger partial charge < -0.3 is 10.1 Å². The van der Waals surface area contributed by atoms with Crippen molar-refractivity contribution in [1.29, 1.82) is 0 Å². The number of pyridine rings is 1. The average molecular weight is 201 g/mol. The van der Waals surface area contributed by atoms with Gasteiger partial charge in [0.15, 0.2) is 0 Å². The molecule has 1 rings (SSSR count). The lowest BCUT2D eigenvalue weighted by Crippen LogP contribution is -2.11. The van der Waals surface area contributed by atoms with Gasteiger partial charge in [-0.15, -0.1) is 0 Å². The van der Waals surface area contributed by atoms with E-state index in [4.69, 9.17) is 16.3 Å². The molecule has 0 fully saturated rings. The second-order valence-corrected chi connectivity index (χ2v) is 3.02. The van der Waals surface area contributed by atoms with E-state index < -0.39 is 0 Å². The first-order valence-corrected chi connectivity index (χ1v) is 4.54. The highest BCUT2D eigenvalue weighted by molar-refractivity contribution is 6.31. The van der Waals surface area contributed by atoms with E-state index >= 15 is 0 Å². The molecule has 1 aromatic rings. The first-order chi connectivity index (χ1) is 6.27. The Morgan fingerprint density at radius 3 is 2.92 bits per heavy atom. The van der Waals surface area contributed by atoms with Crippen molar-refractivity contribution in [3.05, 3.63) is 22.8 Å². The Hall–Kier alpha value is -0.800. The summed E-state index contributed by atoms with van der Waals surface area (Å²) in [6.07, 6.45) is 1.76. The van der Waals surface area contributed by atoms with Crippen LogP contribution in [0.2, 0.25) is 5.02 Å². The van der Waals surface area contributed by atoms with Crippen LogP contribution < -0.4 is 10.1 Å². The topological polar surface area (TPSA) is 34.2 Å². The Labute approximate surface area is 83.1 Å². The zero-order valence-electron chi connectivity index (χ0n) is 7.80. The molecule has 0 saturated heterocycles. The van der Waals surface area contributed by atoms with Crippen molar-refractivity contribution in [3.63, 3.8) is 0 Å². The summed E-state index contributed by atoms with van der Waals surface area (Å²) in [4.78, 5) is 4.06. The van der Waals surface area contributed by atoms with Gasteiger partial charge in [0.2, 0.25) is 5.88 Å². The predicted octanol–water partition coefficient (Wildman–Crippen LogP) is 1.85. The quantitative estimate of drug-likeness (QED) is 0.806. The van der Waals surface area contributed by atoms with Crippen molar-refractivity contribution < 1.29 is 4.74 Å². The molecule has 0 spiro atoms. The molecule has 0 saturated carbocycles. The summed E-state index contributed by atoms with van der Waals surface area (Å²) in [6, 6.07) is 1.86. The van der Waals surface area contributed by atoms with Crippen LogP contribution in [0.25, 0.3) is 0 Å². The van der Waals surface area contributed by atoms with Crippen LogP contribution in [0.1, 0.15) is 12.5 Å². The third kappa shape index (κ3) is 2.86. The molecule has 0 atom stereocenters. The summed E-state index contributed by atoms with van der Waals surface area (Å²) in [5.41, 5.74) is 1.06. The normalized spacial score (nSPS) is 10.1. The van der Waals surface area contributed by atoms with Crippen LogP contribution in [0.4, 0.5) is 0 Å². The minimum absolute atomic E-state index is 0.474. The summed E-state index contributed by atoms with van der Waals surface area (Å²) in [5.74, 6) is 0.474. The Morgan fingerprint density at radius 2 is 2.38 bits per heavy atom. The average Bonchev–Trinajstić information content (AvgIpc) is 2.15. The van der Waals surface area contributed by atoms with Crippen LogP contribution in [0.3, 0.4) is 0 Å². The number of nitrogens with one attached hydrogen (secondary N) is 1. The molecule has 0 bridgehead atoms. The van der Waals surface area contributed by atoms with Gasteiger partial charge in [0.05, 0.1) is 7.11 Å². The summed E-state index contributed by atoms with van der Waals surface area (Å²) >= 11 is 5.89. The third-order valence-corrected chi connectivity index (χ3v) is 1.91. The smallest absolute Gasteiger partial charge is 0.232 e. The molecule has 1 N–H and O–H groups in total. The van der Waals surface area contributed by atoms with Crippen LogP contribution >= 0.6 is 11.6 Å². The summed E-state index contributed by atoms with van der Waals surface area (Å²) in [5, 5.41) is 3.74. The standard InChI is InChI=1S/C9H13ClN2O/c1-3-11-5-7-4-8(10)9(13-2)12-6-7/h4,6,11H,3,5H2,1-2H3. The first-order valence-electron chi connectivity index (χ1n) is 4.17. The fourth-order valence-corrected chi connectivity index (χ4v) is 1.25. The number of halogens is 1. The van der Waals surface area contributed by atoms with E-state index in [0.717, 1.165) is 18.7 Å². The zero-order chi connectivity index (χ0) is 9.68. The molecular formula is C9H13ClN2O. The number of nitrogens with zero attached hydrogens (tertiary/aromatic N) is 1. The summed E-state index contributed by atoms with van der Waals surface area (Å²) < 4.78 is 4.94. The molecule has 13 heavy (non-hydrogen) atoms. The van der Waals surface area contributed by atoms with E-state index in [1.54, 1.807) is 13.3 Å². The van der Waals surface area contributed by atoms with Crippen molar-refractivity contribution in [3.8, 4) is 5.88 Å². The molecule has 0 aliphatic carbocycles. The highest BCUT2D eigenvalue weighted by Gasteiger charge is 2.02. The largest absolute Gasteiger partial charge is 0.480 e. The number of hydrogen-bond donors (Lipinski definition) is 1. The molecule has 0 amide bonds. The molecule has 3 nitrogen and oxygen atoms in total. The van der Waals surface area contributed by atoms with Crippen molar-refractivity contribution in [1.82, 2.24) is 10.3 Å². The van der Waals surface area contributed by atoms with Gasteiger partial charge in [-0.1, -0.05) is 18.5 Å². The SMILES string of the molecule is CCNCc1cnc(OC)c(Cl)c1. The van der Waals surface area contributed by atoms with Gasteiger partial charge in [-0.3, -0.25) is 0 Å². The van der Waals surface area contributed by atoms with Crippen molar-refractivity contribution in [2.45, 2.75) is 13.5 Å². The van der Waals surface area contributed by atoms with Crippen LogP contribution in [-0.2, 0) is 6.54 Å². The Morgan fingerprint density at radius 1 is 1.62 bits per heavy atom. The molecule has 0 unspecified atom stereocenters. The maximum Gasteiger partial charge on any atom is 0.232 e. The van der Waals surface area contributed by atoms with Gasteiger partial charge in [0, 0.05) is 12.7 Å². The lowest BCUT2D eigenvalue weighted by Gasteiger charge is -2.04. The van der Waals surface area contributed by atoms with Crippen molar-refractivity contribution >= 4 is 11.6 Å². The van der Waals surface area contributed by atoms with Crippen LogP contribution in [0.5, 0.6) is 5.88 Å². The number of ether oxygens (including phenoxy) is 1. The summed E-state index contributed by atoms with van der Waals surface area (Å²) in [6.45, 7) is 3.77. The fourth-order valence-electron chi connectivity index (χ4n) is 0.981. The fraction of sp³-hybridized carbons (Fsp3) is 0.444. The minimum atomic E-state index is 0.474. The second kappa shape index (κ2) is 5.04. The monoisotopic (exact) mass is 200 g/mol. The van der Waals surface area contributed by atoms with Gasteiger partial charge in [0.25, 0.3) is 0 Å². The highest BCUT2D eigenvalue weighted by atomic mass is 35.5. The summed E-state index contributed by atoms with van der Waals surface area (Å²) in [7, 11) is 1.55. The third-order valence-electron chi connectivity index (χ3n) is 1.64. The lowest BCUT2D eigenvalue weighted by atomic mass is 10.3. The minimum Gasteiger partial charge on any atom is -0.480 e. The molecule has 0 aliphatic rings. The van der Waals surface area contributed by atoms with E-state index in [1.165, 1.54) is 0 Å². The molecular weight excluding hydrogens is 188 g/mol. The molecule has 1 aromatic heterocycles. The van der Waals surface area contributed by atoms with Crippen LogP contribution in [0.15, 0.2) is 12.3 Å². The van der Waals surface area contributed by atoms with Crippen LogP contribution in [0, 0.1) is 0 Å². The van der Waals surface area contributed by atoms with Gasteiger partial charge in [-0.05, 0) is 18.2 Å². The van der Waals surface area contributed by atoms with Gasteiger partial charge >= 0.3 is 0 Å². The maximum absolute atomic E-state index is 5.89. The first kappa shape index (κ1) is 10.3. The second-order valence-electron chi connectivity index (χ2n) is 2.61. The molecule has 0 aliphatic heterocycles. The molecule has 1 heterocycles. The van der Waals surface area contributed by atoms with E-state index in [0.29, 0.717) is 10.9 Å². The van der Waals surface area contributed by atoms with Crippen molar-refractivity contribution in [2.75, 3.05) is 13.7 Å². The zero-order valence-corrected chi connectivity index (χ0v) is 8.56. The molecule has 4 heteroatoms. The van der Waals surface area contributed by atoms with Crippen molar-refractivity contribution in [2.24, 2.45) is 0 Å². The highest BCUT2D eigenvalue weighted by Crippen LogP contribution is 2.21.